The fourth-order valence-electron chi connectivity index (χ4n) is 2.46. The fourth-order valence-corrected chi connectivity index (χ4v) is 2.46. The summed E-state index contributed by atoms with van der Waals surface area (Å²) in [6.07, 6.45) is 1.39. The van der Waals surface area contributed by atoms with Crippen LogP contribution in [0, 0.1) is 0 Å². The van der Waals surface area contributed by atoms with E-state index < -0.39 is 18.7 Å². The number of hydrogen-bond donors (Lipinski definition) is 0. The molecule has 0 aromatic rings. The lowest BCUT2D eigenvalue weighted by atomic mass is 10.3. The van der Waals surface area contributed by atoms with E-state index in [0.29, 0.717) is 0 Å². The monoisotopic (exact) mass is 327 g/mol. The maximum absolute atomic E-state index is 13.0. The molecule has 2 fully saturated rings. The zero-order valence-electron chi connectivity index (χ0n) is 12.2. The summed E-state index contributed by atoms with van der Waals surface area (Å²) in [4.78, 5) is 1.88. The molecule has 126 valence electrons. The van der Waals surface area contributed by atoms with E-state index >= 15 is 0 Å². The average Bonchev–Trinajstić information content (AvgIpc) is 3.08. The molecule has 0 bridgehead atoms. The van der Waals surface area contributed by atoms with Crippen LogP contribution in [0.1, 0.15) is 25.7 Å². The third-order valence-corrected chi connectivity index (χ3v) is 3.74. The molecular formula is C14H20F5N2O+. The van der Waals surface area contributed by atoms with Crippen molar-refractivity contribution in [2.24, 2.45) is 0 Å². The standard InChI is InChI=1S/C14H20F5N2O/c15-13(16,14(17,18)19)11-22-12(9-20-5-1-2-6-20)10-21-7-3-4-8-21/h9-10H,1-8,11H2/q+1. The van der Waals surface area contributed by atoms with Crippen LogP contribution in [0.2, 0.25) is 0 Å². The van der Waals surface area contributed by atoms with Gasteiger partial charge in [-0.15, -0.1) is 0 Å². The second-order valence-corrected chi connectivity index (χ2v) is 5.64. The first kappa shape index (κ1) is 17.0. The Morgan fingerprint density at radius 2 is 1.59 bits per heavy atom. The van der Waals surface area contributed by atoms with E-state index in [1.165, 1.54) is 12.4 Å². The Balaban J connectivity index is 2.05. The molecule has 3 nitrogen and oxygen atoms in total. The minimum atomic E-state index is -5.60. The molecular weight excluding hydrogens is 307 g/mol. The van der Waals surface area contributed by atoms with Crippen molar-refractivity contribution in [2.75, 3.05) is 32.8 Å². The molecule has 0 unspecified atom stereocenters. The van der Waals surface area contributed by atoms with E-state index in [0.717, 1.165) is 51.9 Å². The smallest absolute Gasteiger partial charge is 0.456 e. The van der Waals surface area contributed by atoms with E-state index in [-0.39, 0.29) is 5.76 Å². The largest absolute Gasteiger partial charge is 0.480 e. The van der Waals surface area contributed by atoms with E-state index in [1.54, 1.807) is 0 Å². The first-order valence-corrected chi connectivity index (χ1v) is 7.40. The van der Waals surface area contributed by atoms with Gasteiger partial charge in [-0.05, 0) is 12.8 Å². The predicted octanol–water partition coefficient (Wildman–Crippen LogP) is 3.01. The number of allylic oxidation sites excluding steroid dienone is 1. The van der Waals surface area contributed by atoms with Gasteiger partial charge in [0.2, 0.25) is 6.21 Å². The summed E-state index contributed by atoms with van der Waals surface area (Å²) in [5, 5.41) is 0. The zero-order valence-corrected chi connectivity index (χ0v) is 12.2. The highest BCUT2D eigenvalue weighted by Crippen LogP contribution is 2.35. The Kier molecular flexibility index (Phi) is 5.28. The number of rotatable bonds is 5. The van der Waals surface area contributed by atoms with Crippen molar-refractivity contribution in [3.63, 3.8) is 0 Å². The van der Waals surface area contributed by atoms with Crippen molar-refractivity contribution < 1.29 is 31.3 Å². The maximum Gasteiger partial charge on any atom is 0.456 e. The quantitative estimate of drug-likeness (QED) is 0.438. The van der Waals surface area contributed by atoms with Gasteiger partial charge in [-0.2, -0.15) is 22.0 Å². The van der Waals surface area contributed by atoms with Crippen LogP contribution in [0.5, 0.6) is 0 Å². The Bertz CT molecular complexity index is 431. The Hall–Kier alpha value is -1.34. The van der Waals surface area contributed by atoms with Gasteiger partial charge in [-0.3, -0.25) is 0 Å². The van der Waals surface area contributed by atoms with Crippen LogP contribution in [-0.2, 0) is 4.74 Å². The number of nitrogens with zero attached hydrogens (tertiary/aromatic N) is 2. The number of likely N-dealkylation sites (tertiary alicyclic amines) is 1. The first-order valence-electron chi connectivity index (χ1n) is 7.40. The maximum atomic E-state index is 13.0. The summed E-state index contributed by atoms with van der Waals surface area (Å²) in [5.74, 6) is -4.79. The molecule has 0 radical (unpaired) electrons. The summed E-state index contributed by atoms with van der Waals surface area (Å²) >= 11 is 0. The lowest BCUT2D eigenvalue weighted by Gasteiger charge is -2.20. The molecule has 2 aliphatic heterocycles. The summed E-state index contributed by atoms with van der Waals surface area (Å²) < 4.78 is 69.3. The van der Waals surface area contributed by atoms with Crippen LogP contribution in [0.4, 0.5) is 22.0 Å². The highest BCUT2D eigenvalue weighted by atomic mass is 19.4. The van der Waals surface area contributed by atoms with Gasteiger partial charge in [-0.25, -0.2) is 4.58 Å². The third-order valence-electron chi connectivity index (χ3n) is 3.74. The summed E-state index contributed by atoms with van der Waals surface area (Å²) in [7, 11) is 0. The lowest BCUT2D eigenvalue weighted by molar-refractivity contribution is -0.501. The van der Waals surface area contributed by atoms with Crippen LogP contribution in [0.3, 0.4) is 0 Å². The van der Waals surface area contributed by atoms with Crippen LogP contribution in [0.15, 0.2) is 12.0 Å². The molecule has 0 saturated carbocycles. The minimum Gasteiger partial charge on any atom is -0.480 e. The Morgan fingerprint density at radius 3 is 2.14 bits per heavy atom. The van der Waals surface area contributed by atoms with Gasteiger partial charge in [0.15, 0.2) is 12.4 Å². The summed E-state index contributed by atoms with van der Waals surface area (Å²) in [6, 6.07) is 0. The molecule has 0 N–H and O–H groups in total. The Morgan fingerprint density at radius 1 is 1.00 bits per heavy atom. The molecule has 0 aliphatic carbocycles. The van der Waals surface area contributed by atoms with Gasteiger partial charge in [0.25, 0.3) is 0 Å². The molecule has 2 rings (SSSR count). The zero-order chi connectivity index (χ0) is 16.2. The number of alkyl halides is 5. The summed E-state index contributed by atoms with van der Waals surface area (Å²) in [5.41, 5.74) is 0. The number of ether oxygens (including phenoxy) is 1. The normalized spacial score (nSPS) is 20.7. The average molecular weight is 327 g/mol. The van der Waals surface area contributed by atoms with Crippen molar-refractivity contribution in [3.05, 3.63) is 12.0 Å². The molecule has 8 heteroatoms. The van der Waals surface area contributed by atoms with Gasteiger partial charge in [0.1, 0.15) is 13.1 Å². The highest BCUT2D eigenvalue weighted by molar-refractivity contribution is 5.71. The molecule has 2 saturated heterocycles. The number of hydrogen-bond acceptors (Lipinski definition) is 2. The van der Waals surface area contributed by atoms with E-state index in [9.17, 15) is 22.0 Å². The van der Waals surface area contributed by atoms with Gasteiger partial charge in [0.05, 0.1) is 0 Å². The van der Waals surface area contributed by atoms with Crippen LogP contribution < -0.4 is 0 Å². The Labute approximate surface area is 126 Å². The van der Waals surface area contributed by atoms with E-state index in [4.69, 9.17) is 4.74 Å². The second kappa shape index (κ2) is 6.83. The molecule has 2 aliphatic rings. The molecule has 0 aromatic heterocycles. The van der Waals surface area contributed by atoms with Crippen LogP contribution in [-0.4, -0.2) is 60.6 Å². The minimum absolute atomic E-state index is 0.0627. The lowest BCUT2D eigenvalue weighted by Crippen LogP contribution is -2.40. The topological polar surface area (TPSA) is 15.5 Å². The highest BCUT2D eigenvalue weighted by Gasteiger charge is 2.58. The molecule has 0 amide bonds. The first-order chi connectivity index (χ1) is 10.3. The molecule has 2 heterocycles. The SMILES string of the molecule is FC(F)(F)C(F)(F)CO/C(C=[N+]1CCCC1)=C\N1CCCC1. The fraction of sp³-hybridized carbons (Fsp3) is 0.786. The van der Waals surface area contributed by atoms with Gasteiger partial charge >= 0.3 is 12.1 Å². The van der Waals surface area contributed by atoms with Crippen molar-refractivity contribution in [2.45, 2.75) is 37.8 Å². The van der Waals surface area contributed by atoms with Crippen molar-refractivity contribution >= 4 is 6.21 Å². The molecule has 0 spiro atoms. The molecule has 0 atom stereocenters. The van der Waals surface area contributed by atoms with Gasteiger partial charge in [0, 0.05) is 32.1 Å². The second-order valence-electron chi connectivity index (χ2n) is 5.64. The molecule has 0 aromatic carbocycles. The summed E-state index contributed by atoms with van der Waals surface area (Å²) in [6.45, 7) is 1.35. The van der Waals surface area contributed by atoms with Gasteiger partial charge in [-0.1, -0.05) is 0 Å². The van der Waals surface area contributed by atoms with E-state index in [2.05, 4.69) is 0 Å². The van der Waals surface area contributed by atoms with Gasteiger partial charge < -0.3 is 9.64 Å². The van der Waals surface area contributed by atoms with Crippen molar-refractivity contribution in [1.82, 2.24) is 4.90 Å². The van der Waals surface area contributed by atoms with Crippen LogP contribution in [0.25, 0.3) is 0 Å². The van der Waals surface area contributed by atoms with Crippen molar-refractivity contribution in [1.29, 1.82) is 0 Å². The van der Waals surface area contributed by atoms with Crippen molar-refractivity contribution in [3.8, 4) is 0 Å². The number of halogens is 5. The van der Waals surface area contributed by atoms with Crippen LogP contribution >= 0.6 is 0 Å². The third kappa shape index (κ3) is 4.58. The molecule has 22 heavy (non-hydrogen) atoms. The van der Waals surface area contributed by atoms with E-state index in [1.807, 2.05) is 9.48 Å². The predicted molar refractivity (Wildman–Crippen MR) is 71.1 cm³/mol.